The first-order valence-electron chi connectivity index (χ1n) is 19.4. The van der Waals surface area contributed by atoms with Gasteiger partial charge in [0.15, 0.2) is 11.0 Å². The third-order valence-corrected chi connectivity index (χ3v) is 9.48. The van der Waals surface area contributed by atoms with E-state index in [9.17, 15) is 27.2 Å². The monoisotopic (exact) mass is 872 g/mol. The van der Waals surface area contributed by atoms with Crippen molar-refractivity contribution in [3.63, 3.8) is 0 Å². The molecule has 0 aliphatic carbocycles. The molecule has 2 amide bonds. The summed E-state index contributed by atoms with van der Waals surface area (Å²) in [6.07, 6.45) is 1.50. The van der Waals surface area contributed by atoms with E-state index in [2.05, 4.69) is 10.6 Å². The van der Waals surface area contributed by atoms with E-state index in [-0.39, 0.29) is 11.0 Å². The van der Waals surface area contributed by atoms with Crippen LogP contribution in [0.25, 0.3) is 32.8 Å². The van der Waals surface area contributed by atoms with Crippen molar-refractivity contribution in [2.75, 3.05) is 38.8 Å². The van der Waals surface area contributed by atoms with Crippen LogP contribution < -0.4 is 21.6 Å². The summed E-state index contributed by atoms with van der Waals surface area (Å²) in [5.41, 5.74) is 4.55. The number of halogens is 6. The zero-order valence-corrected chi connectivity index (χ0v) is 34.6. The second-order valence-corrected chi connectivity index (χ2v) is 14.7. The zero-order chi connectivity index (χ0) is 45.7. The van der Waals surface area contributed by atoms with Crippen LogP contribution in [0.2, 0.25) is 0 Å². The molecule has 324 valence electrons. The number of carbonyl (C=O) groups is 2. The van der Waals surface area contributed by atoms with Crippen LogP contribution in [-0.4, -0.2) is 59.6 Å². The van der Waals surface area contributed by atoms with Gasteiger partial charge in [-0.3, -0.25) is 18.4 Å². The topological polar surface area (TPSA) is 98.2 Å². The van der Waals surface area contributed by atoms with Gasteiger partial charge in [0.05, 0.1) is 33.8 Å². The van der Waals surface area contributed by atoms with Gasteiger partial charge in [0.1, 0.15) is 45.9 Å². The molecule has 2 N–H and O–H groups in total. The average Bonchev–Trinajstić information content (AvgIpc) is 3.76. The number of aromatic nitrogens is 2. The molecule has 0 saturated heterocycles. The summed E-state index contributed by atoms with van der Waals surface area (Å²) in [7, 11) is 6.75. The molecule has 0 spiro atoms. The van der Waals surface area contributed by atoms with Crippen LogP contribution in [0.3, 0.4) is 0 Å². The Bertz CT molecular complexity index is 3040. The Morgan fingerprint density at radius 3 is 1.02 bits per heavy atom. The van der Waals surface area contributed by atoms with E-state index in [1.807, 2.05) is 0 Å². The van der Waals surface area contributed by atoms with Crippen LogP contribution >= 0.6 is 0 Å². The lowest BCUT2D eigenvalue weighted by atomic mass is 10.2. The van der Waals surface area contributed by atoms with Crippen molar-refractivity contribution in [1.29, 1.82) is 0 Å². The lowest BCUT2D eigenvalue weighted by Gasteiger charge is -2.11. The number of carbonyl (C=O) groups excluding carboxylic acids is 2. The summed E-state index contributed by atoms with van der Waals surface area (Å²) in [4.78, 5) is 31.9. The standard InChI is InChI=1S/C42H24F6N6.2C3H7NO/c43-23-1-11-29(12-2-23)49-37-33-21-27(47)9-19-35(33)53-39(37)41(51-31-15-5-25(45)6-16-31)54-36-20-10-28(48)22-34(36)38(50-30-13-3-24(44)4-14-30)40(54)42(53)52-32-17-7-26(46)8-18-32;2*1-4(2)3-5/h1-22,49-50H;2*3H,1-2H3. The molecule has 10 nitrogen and oxygen atoms in total. The van der Waals surface area contributed by atoms with Crippen LogP contribution in [0.15, 0.2) is 143 Å². The number of nitrogens with zero attached hydrogens (tertiary/aromatic N) is 6. The smallest absolute Gasteiger partial charge is 0.209 e. The van der Waals surface area contributed by atoms with Crippen LogP contribution in [0.1, 0.15) is 0 Å². The number of fused-ring (bicyclic) bond motifs is 6. The van der Waals surface area contributed by atoms with Gasteiger partial charge in [0, 0.05) is 50.3 Å². The first kappa shape index (κ1) is 43.9. The minimum Gasteiger partial charge on any atom is -0.353 e. The summed E-state index contributed by atoms with van der Waals surface area (Å²) in [5, 5.41) is 7.49. The molecular formula is C48H38F6N8O2. The number of nitrogens with one attached hydrogen (secondary N) is 2. The number of amides is 2. The van der Waals surface area contributed by atoms with Gasteiger partial charge in [-0.05, 0) is 133 Å². The third-order valence-electron chi connectivity index (χ3n) is 9.48. The Hall–Kier alpha value is -8.14. The molecule has 0 bridgehead atoms. The molecule has 0 unspecified atom stereocenters. The molecule has 16 heteroatoms. The largest absolute Gasteiger partial charge is 0.353 e. The van der Waals surface area contributed by atoms with Crippen LogP contribution in [0.5, 0.6) is 0 Å². The van der Waals surface area contributed by atoms with Gasteiger partial charge in [0.25, 0.3) is 0 Å². The van der Waals surface area contributed by atoms with Crippen molar-refractivity contribution < 1.29 is 35.9 Å². The van der Waals surface area contributed by atoms with Gasteiger partial charge in [0.2, 0.25) is 12.8 Å². The molecule has 6 aromatic carbocycles. The molecule has 64 heavy (non-hydrogen) atoms. The van der Waals surface area contributed by atoms with E-state index in [0.29, 0.717) is 67.0 Å². The van der Waals surface area contributed by atoms with E-state index in [1.165, 1.54) is 131 Å². The van der Waals surface area contributed by atoms with Gasteiger partial charge in [-0.15, -0.1) is 0 Å². The van der Waals surface area contributed by atoms with Crippen LogP contribution in [0.4, 0.5) is 60.5 Å². The first-order chi connectivity index (χ1) is 30.7. The van der Waals surface area contributed by atoms with Crippen molar-refractivity contribution in [3.8, 4) is 0 Å². The summed E-state index contributed by atoms with van der Waals surface area (Å²) >= 11 is 0. The Morgan fingerprint density at radius 2 is 0.719 bits per heavy atom. The van der Waals surface area contributed by atoms with E-state index in [1.54, 1.807) is 49.1 Å². The maximum absolute atomic E-state index is 15.2. The first-order valence-corrected chi connectivity index (χ1v) is 19.4. The molecule has 0 radical (unpaired) electrons. The third kappa shape index (κ3) is 9.50. The van der Waals surface area contributed by atoms with Crippen molar-refractivity contribution in [1.82, 2.24) is 18.6 Å². The Balaban J connectivity index is 0.000000554. The van der Waals surface area contributed by atoms with E-state index in [4.69, 9.17) is 9.98 Å². The predicted octanol–water partition coefficient (Wildman–Crippen LogP) is 10.1. The van der Waals surface area contributed by atoms with Gasteiger partial charge < -0.3 is 20.4 Å². The van der Waals surface area contributed by atoms with Crippen molar-refractivity contribution in [2.45, 2.75) is 0 Å². The molecule has 9 aromatic rings. The highest BCUT2D eigenvalue weighted by Gasteiger charge is 2.25. The second-order valence-electron chi connectivity index (χ2n) is 14.7. The Labute approximate surface area is 361 Å². The number of hydrogen-bond donors (Lipinski definition) is 2. The zero-order valence-electron chi connectivity index (χ0n) is 34.6. The van der Waals surface area contributed by atoms with E-state index in [0.717, 1.165) is 12.8 Å². The fourth-order valence-corrected chi connectivity index (χ4v) is 6.69. The number of hydrogen-bond acceptors (Lipinski definition) is 6. The normalized spacial score (nSPS) is 11.6. The SMILES string of the molecule is CN(C)C=O.CN(C)C=O.Fc1ccc(N=c2c3c(Nc4ccc(F)cc4)c4cc(F)ccc4n3c(=Nc3ccc(F)cc3)c3c(Nc4ccc(F)cc4)c4cc(F)ccc4n23)cc1. The van der Waals surface area contributed by atoms with Gasteiger partial charge in [-0.1, -0.05) is 0 Å². The highest BCUT2D eigenvalue weighted by molar-refractivity contribution is 6.08. The quantitative estimate of drug-likeness (QED) is 0.117. The van der Waals surface area contributed by atoms with Crippen molar-refractivity contribution >= 4 is 79.8 Å². The molecule has 0 aliphatic heterocycles. The molecule has 3 heterocycles. The number of anilines is 4. The summed E-state index contributed by atoms with van der Waals surface area (Å²) in [6, 6.07) is 30.7. The maximum atomic E-state index is 15.2. The second kappa shape index (κ2) is 18.9. The number of benzene rings is 6. The van der Waals surface area contributed by atoms with E-state index >= 15 is 8.78 Å². The summed E-state index contributed by atoms with van der Waals surface area (Å²) < 4.78 is 90.5. The van der Waals surface area contributed by atoms with Gasteiger partial charge >= 0.3 is 0 Å². The lowest BCUT2D eigenvalue weighted by Crippen LogP contribution is -2.28. The highest BCUT2D eigenvalue weighted by Crippen LogP contribution is 2.37. The minimum atomic E-state index is -0.541. The fraction of sp³-hybridized carbons (Fsp3) is 0.0833. The Morgan fingerprint density at radius 1 is 0.438 bits per heavy atom. The average molecular weight is 873 g/mol. The molecule has 0 atom stereocenters. The van der Waals surface area contributed by atoms with Gasteiger partial charge in [-0.2, -0.15) is 0 Å². The molecule has 0 aliphatic rings. The van der Waals surface area contributed by atoms with Gasteiger partial charge in [-0.25, -0.2) is 36.3 Å². The summed E-state index contributed by atoms with van der Waals surface area (Å²) in [6.45, 7) is 0. The molecule has 9 rings (SSSR count). The van der Waals surface area contributed by atoms with Crippen molar-refractivity contribution in [3.05, 3.63) is 179 Å². The van der Waals surface area contributed by atoms with E-state index < -0.39 is 34.9 Å². The molecular weight excluding hydrogens is 835 g/mol. The minimum absolute atomic E-state index is 0.250. The van der Waals surface area contributed by atoms with Crippen molar-refractivity contribution in [2.24, 2.45) is 9.98 Å². The molecule has 3 aromatic heterocycles. The van der Waals surface area contributed by atoms with Crippen LogP contribution in [0, 0.1) is 34.9 Å². The van der Waals surface area contributed by atoms with Crippen LogP contribution in [-0.2, 0) is 9.59 Å². The molecule has 0 saturated carbocycles. The Kier molecular flexibility index (Phi) is 12.9. The summed E-state index contributed by atoms with van der Waals surface area (Å²) in [5.74, 6) is -2.96. The lowest BCUT2D eigenvalue weighted by molar-refractivity contribution is -0.116. The molecule has 0 fully saturated rings. The maximum Gasteiger partial charge on any atom is 0.209 e. The highest BCUT2D eigenvalue weighted by atomic mass is 19.1. The predicted molar refractivity (Wildman–Crippen MR) is 237 cm³/mol. The fourth-order valence-electron chi connectivity index (χ4n) is 6.69. The number of rotatable bonds is 8.